The highest BCUT2D eigenvalue weighted by Gasteiger charge is 2.50. The molecule has 1 aliphatic heterocycles. The van der Waals surface area contributed by atoms with Gasteiger partial charge in [-0.3, -0.25) is 4.79 Å². The van der Waals surface area contributed by atoms with Gasteiger partial charge in [-0.25, -0.2) is 17.2 Å². The van der Waals surface area contributed by atoms with E-state index < -0.39 is 50.6 Å². The van der Waals surface area contributed by atoms with Crippen LogP contribution in [0.3, 0.4) is 0 Å². The molecule has 0 radical (unpaired) electrons. The van der Waals surface area contributed by atoms with Crippen LogP contribution in [0.1, 0.15) is 26.2 Å². The normalized spacial score (nSPS) is 25.6. The first-order valence-corrected chi connectivity index (χ1v) is 8.96. The van der Waals surface area contributed by atoms with E-state index in [1.807, 2.05) is 0 Å². The number of nitrogens with zero attached hydrogens (tertiary/aromatic N) is 1. The van der Waals surface area contributed by atoms with Gasteiger partial charge in [0.25, 0.3) is 0 Å². The van der Waals surface area contributed by atoms with Gasteiger partial charge in [0.1, 0.15) is 5.41 Å². The smallest absolute Gasteiger partial charge is 0.313 e. The van der Waals surface area contributed by atoms with Gasteiger partial charge in [-0.05, 0) is 31.0 Å². The number of hydrogen-bond donors (Lipinski definition) is 2. The van der Waals surface area contributed by atoms with E-state index in [1.54, 1.807) is 6.92 Å². The van der Waals surface area contributed by atoms with Crippen LogP contribution in [0.2, 0.25) is 0 Å². The summed E-state index contributed by atoms with van der Waals surface area (Å²) in [6, 6.07) is 2.20. The predicted octanol–water partition coefficient (Wildman–Crippen LogP) is 1.59. The Balaban J connectivity index is 2.40. The fraction of sp³-hybridized carbons (Fsp3) is 0.533. The average molecular weight is 363 g/mol. The number of carboxylic acid groups (broad SMARTS) is 1. The Hall–Kier alpha value is -1.58. The largest absolute Gasteiger partial charge is 0.481 e. The van der Waals surface area contributed by atoms with Gasteiger partial charge in [-0.2, -0.15) is 4.31 Å². The number of halogens is 2. The average Bonchev–Trinajstić information content (AvgIpc) is 2.51. The number of aliphatic hydroxyl groups is 1. The maximum Gasteiger partial charge on any atom is 0.313 e. The standard InChI is InChI=1S/C15H19F2NO5S/c1-2-6-15(14(20)21)9-18(7-5-13(15)19)24(22,23)10-3-4-11(16)12(17)8-10/h3-4,8,13,19H,2,5-7,9H2,1H3,(H,20,21)/t13-,15-/m0/s1. The van der Waals surface area contributed by atoms with Crippen LogP contribution < -0.4 is 0 Å². The van der Waals surface area contributed by atoms with E-state index in [-0.39, 0.29) is 19.4 Å². The Labute approximate surface area is 138 Å². The Morgan fingerprint density at radius 3 is 2.58 bits per heavy atom. The van der Waals surface area contributed by atoms with E-state index >= 15 is 0 Å². The van der Waals surface area contributed by atoms with Crippen LogP contribution in [-0.4, -0.2) is 48.1 Å². The number of benzene rings is 1. The van der Waals surface area contributed by atoms with E-state index in [4.69, 9.17) is 0 Å². The first-order chi connectivity index (χ1) is 11.1. The summed E-state index contributed by atoms with van der Waals surface area (Å²) in [6.45, 7) is 1.22. The maximum atomic E-state index is 13.3. The summed E-state index contributed by atoms with van der Waals surface area (Å²) < 4.78 is 52.5. The molecule has 1 saturated heterocycles. The molecule has 0 unspecified atom stereocenters. The predicted molar refractivity (Wildman–Crippen MR) is 80.7 cm³/mol. The Morgan fingerprint density at radius 1 is 1.38 bits per heavy atom. The molecule has 1 aliphatic rings. The van der Waals surface area contributed by atoms with Gasteiger partial charge in [0, 0.05) is 13.1 Å². The Kier molecular flexibility index (Phi) is 5.26. The fourth-order valence-electron chi connectivity index (χ4n) is 3.04. The number of rotatable bonds is 5. The van der Waals surface area contributed by atoms with Crippen molar-refractivity contribution < 1.29 is 32.2 Å². The Morgan fingerprint density at radius 2 is 2.04 bits per heavy atom. The van der Waals surface area contributed by atoms with E-state index in [9.17, 15) is 32.2 Å². The summed E-state index contributed by atoms with van der Waals surface area (Å²) in [5, 5.41) is 19.7. The minimum absolute atomic E-state index is 0.0464. The molecule has 1 heterocycles. The second-order valence-electron chi connectivity index (χ2n) is 5.93. The van der Waals surface area contributed by atoms with Crippen molar-refractivity contribution in [3.05, 3.63) is 29.8 Å². The molecule has 0 aromatic heterocycles. The van der Waals surface area contributed by atoms with Crippen molar-refractivity contribution in [1.29, 1.82) is 0 Å². The van der Waals surface area contributed by atoms with Crippen molar-refractivity contribution in [2.45, 2.75) is 37.2 Å². The van der Waals surface area contributed by atoms with Crippen molar-refractivity contribution in [2.24, 2.45) is 5.41 Å². The van der Waals surface area contributed by atoms with Crippen molar-refractivity contribution >= 4 is 16.0 Å². The molecular weight excluding hydrogens is 344 g/mol. The first kappa shape index (κ1) is 18.8. The van der Waals surface area contributed by atoms with Crippen molar-refractivity contribution in [1.82, 2.24) is 4.31 Å². The molecule has 2 atom stereocenters. The molecule has 24 heavy (non-hydrogen) atoms. The number of sulfonamides is 1. The van der Waals surface area contributed by atoms with Gasteiger partial charge >= 0.3 is 5.97 Å². The molecule has 2 rings (SSSR count). The lowest BCUT2D eigenvalue weighted by atomic mass is 9.74. The van der Waals surface area contributed by atoms with Crippen LogP contribution in [0.15, 0.2) is 23.1 Å². The quantitative estimate of drug-likeness (QED) is 0.828. The summed E-state index contributed by atoms with van der Waals surface area (Å²) in [6.07, 6.45) is -0.670. The summed E-state index contributed by atoms with van der Waals surface area (Å²) in [7, 11) is -4.20. The third-order valence-corrected chi connectivity index (χ3v) is 6.24. The topological polar surface area (TPSA) is 94.9 Å². The molecule has 1 aromatic carbocycles. The zero-order valence-corrected chi connectivity index (χ0v) is 13.9. The Bertz CT molecular complexity index is 739. The number of carboxylic acids is 1. The van der Waals surface area contributed by atoms with Gasteiger partial charge in [-0.15, -0.1) is 0 Å². The van der Waals surface area contributed by atoms with Crippen LogP contribution in [-0.2, 0) is 14.8 Å². The monoisotopic (exact) mass is 363 g/mol. The molecule has 2 N–H and O–H groups in total. The first-order valence-electron chi connectivity index (χ1n) is 7.52. The molecule has 134 valence electrons. The zero-order chi connectivity index (χ0) is 18.1. The molecule has 1 aromatic rings. The lowest BCUT2D eigenvalue weighted by molar-refractivity contribution is -0.161. The van der Waals surface area contributed by atoms with Gasteiger partial charge < -0.3 is 10.2 Å². The minimum Gasteiger partial charge on any atom is -0.481 e. The van der Waals surface area contributed by atoms with E-state index in [0.29, 0.717) is 18.6 Å². The number of piperidine rings is 1. The summed E-state index contributed by atoms with van der Waals surface area (Å²) >= 11 is 0. The summed E-state index contributed by atoms with van der Waals surface area (Å²) in [5.41, 5.74) is -1.61. The summed E-state index contributed by atoms with van der Waals surface area (Å²) in [4.78, 5) is 11.2. The molecule has 0 bridgehead atoms. The van der Waals surface area contributed by atoms with E-state index in [1.165, 1.54) is 0 Å². The maximum absolute atomic E-state index is 13.3. The van der Waals surface area contributed by atoms with Crippen LogP contribution in [0.5, 0.6) is 0 Å². The minimum atomic E-state index is -4.20. The van der Waals surface area contributed by atoms with Gasteiger partial charge in [0.15, 0.2) is 11.6 Å². The number of aliphatic carboxylic acids is 1. The fourth-order valence-corrected chi connectivity index (χ4v) is 4.58. The zero-order valence-electron chi connectivity index (χ0n) is 13.1. The third kappa shape index (κ3) is 3.15. The third-order valence-electron chi connectivity index (χ3n) is 4.40. The van der Waals surface area contributed by atoms with Crippen LogP contribution in [0.4, 0.5) is 8.78 Å². The lowest BCUT2D eigenvalue weighted by Crippen LogP contribution is -2.57. The highest BCUT2D eigenvalue weighted by atomic mass is 32.2. The van der Waals surface area contributed by atoms with Gasteiger partial charge in [0.05, 0.1) is 11.0 Å². The number of aliphatic hydroxyl groups excluding tert-OH is 1. The SMILES string of the molecule is CCC[C@]1(C(=O)O)CN(S(=O)(=O)c2ccc(F)c(F)c2)CC[C@@H]1O. The second kappa shape index (κ2) is 6.73. The highest BCUT2D eigenvalue weighted by molar-refractivity contribution is 7.89. The van der Waals surface area contributed by atoms with Crippen LogP contribution >= 0.6 is 0 Å². The number of carbonyl (C=O) groups is 1. The molecule has 0 saturated carbocycles. The van der Waals surface area contributed by atoms with Crippen molar-refractivity contribution in [3.63, 3.8) is 0 Å². The molecule has 9 heteroatoms. The summed E-state index contributed by atoms with van der Waals surface area (Å²) in [5.74, 6) is -3.75. The van der Waals surface area contributed by atoms with E-state index in [0.717, 1.165) is 10.4 Å². The van der Waals surface area contributed by atoms with Gasteiger partial charge in [-0.1, -0.05) is 13.3 Å². The number of hydrogen-bond acceptors (Lipinski definition) is 4. The molecule has 0 aliphatic carbocycles. The van der Waals surface area contributed by atoms with Crippen LogP contribution in [0.25, 0.3) is 0 Å². The second-order valence-corrected chi connectivity index (χ2v) is 7.87. The van der Waals surface area contributed by atoms with Crippen molar-refractivity contribution in [3.8, 4) is 0 Å². The molecule has 0 amide bonds. The lowest BCUT2D eigenvalue weighted by Gasteiger charge is -2.42. The van der Waals surface area contributed by atoms with Gasteiger partial charge in [0.2, 0.25) is 10.0 Å². The van der Waals surface area contributed by atoms with E-state index in [2.05, 4.69) is 0 Å². The van der Waals surface area contributed by atoms with Crippen molar-refractivity contribution in [2.75, 3.05) is 13.1 Å². The molecule has 0 spiro atoms. The highest BCUT2D eigenvalue weighted by Crippen LogP contribution is 2.37. The molecule has 6 nitrogen and oxygen atoms in total. The molecule has 1 fully saturated rings. The molecular formula is C15H19F2NO5S. The van der Waals surface area contributed by atoms with Crippen LogP contribution in [0, 0.1) is 17.0 Å².